The largest absolute Gasteiger partial charge is 0.496 e. The van der Waals surface area contributed by atoms with E-state index < -0.39 is 17.4 Å². The average Bonchev–Trinajstić information content (AvgIpc) is 2.62. The third kappa shape index (κ3) is 5.00. The van der Waals surface area contributed by atoms with Gasteiger partial charge in [0, 0.05) is 37.3 Å². The Morgan fingerprint density at radius 2 is 2.00 bits per heavy atom. The third-order valence-electron chi connectivity index (χ3n) is 4.55. The molecule has 0 saturated carbocycles. The number of rotatable bonds is 5. The number of hydrogen-bond donors (Lipinski definition) is 2. The van der Waals surface area contributed by atoms with Gasteiger partial charge in [-0.25, -0.2) is 4.98 Å². The summed E-state index contributed by atoms with van der Waals surface area (Å²) in [5, 5.41) is 2.92. The highest BCUT2D eigenvalue weighted by Crippen LogP contribution is 2.27. The second-order valence-corrected chi connectivity index (χ2v) is 6.48. The van der Waals surface area contributed by atoms with Gasteiger partial charge in [0.2, 0.25) is 5.95 Å². The molecule has 1 aliphatic rings. The first-order valence-electron chi connectivity index (χ1n) is 8.64. The second kappa shape index (κ2) is 7.99. The predicted octanol–water partition coefficient (Wildman–Crippen LogP) is 2.87. The molecule has 0 atom stereocenters. The quantitative estimate of drug-likeness (QED) is 0.832. The highest BCUT2D eigenvalue weighted by molar-refractivity contribution is 5.33. The molecule has 0 unspecified atom stereocenters. The maximum Gasteiger partial charge on any atom is 0.433 e. The first-order chi connectivity index (χ1) is 12.8. The van der Waals surface area contributed by atoms with Crippen molar-refractivity contribution >= 4 is 5.95 Å². The van der Waals surface area contributed by atoms with Crippen molar-refractivity contribution in [3.63, 3.8) is 0 Å². The predicted molar refractivity (Wildman–Crippen MR) is 94.8 cm³/mol. The molecule has 2 aromatic rings. The minimum absolute atomic E-state index is 0.0504. The van der Waals surface area contributed by atoms with Crippen LogP contribution in [0.1, 0.15) is 24.1 Å². The smallest absolute Gasteiger partial charge is 0.433 e. The molecule has 2 heterocycles. The fraction of sp³-hybridized carbons (Fsp3) is 0.444. The Balaban J connectivity index is 1.59. The van der Waals surface area contributed by atoms with Gasteiger partial charge in [-0.05, 0) is 18.9 Å². The molecular formula is C18H21F3N4O2. The highest BCUT2D eigenvalue weighted by Gasteiger charge is 2.33. The van der Waals surface area contributed by atoms with Crippen LogP contribution in [0.5, 0.6) is 5.75 Å². The van der Waals surface area contributed by atoms with Gasteiger partial charge in [0.25, 0.3) is 5.56 Å². The molecule has 27 heavy (non-hydrogen) atoms. The molecule has 1 saturated heterocycles. The molecule has 1 aromatic heterocycles. The van der Waals surface area contributed by atoms with Crippen LogP contribution in [0.25, 0.3) is 0 Å². The van der Waals surface area contributed by atoms with Crippen LogP contribution >= 0.6 is 0 Å². The van der Waals surface area contributed by atoms with Crippen molar-refractivity contribution in [3.05, 3.63) is 51.9 Å². The molecule has 1 fully saturated rings. The Bertz CT molecular complexity index is 830. The zero-order valence-corrected chi connectivity index (χ0v) is 14.8. The van der Waals surface area contributed by atoms with Crippen LogP contribution in [0.2, 0.25) is 0 Å². The number of H-pyrrole nitrogens is 1. The number of piperidine rings is 1. The zero-order chi connectivity index (χ0) is 19.4. The van der Waals surface area contributed by atoms with E-state index in [1.54, 1.807) is 7.11 Å². The van der Waals surface area contributed by atoms with Crippen LogP contribution in [-0.4, -0.2) is 41.1 Å². The van der Waals surface area contributed by atoms with E-state index in [9.17, 15) is 18.0 Å². The lowest BCUT2D eigenvalue weighted by Crippen LogP contribution is -2.39. The number of benzene rings is 1. The van der Waals surface area contributed by atoms with Crippen LogP contribution in [0.15, 0.2) is 35.1 Å². The summed E-state index contributed by atoms with van der Waals surface area (Å²) in [6, 6.07) is 8.22. The molecule has 9 heteroatoms. The van der Waals surface area contributed by atoms with Crippen LogP contribution in [-0.2, 0) is 12.7 Å². The fourth-order valence-electron chi connectivity index (χ4n) is 3.17. The monoisotopic (exact) mass is 382 g/mol. The van der Waals surface area contributed by atoms with E-state index in [0.29, 0.717) is 6.07 Å². The van der Waals surface area contributed by atoms with Gasteiger partial charge in [-0.3, -0.25) is 14.7 Å². The normalized spacial score (nSPS) is 16.3. The number of nitrogens with zero attached hydrogens (tertiary/aromatic N) is 2. The summed E-state index contributed by atoms with van der Waals surface area (Å²) in [4.78, 5) is 19.5. The van der Waals surface area contributed by atoms with Gasteiger partial charge in [0.05, 0.1) is 7.11 Å². The number of halogens is 3. The highest BCUT2D eigenvalue weighted by atomic mass is 19.4. The van der Waals surface area contributed by atoms with Gasteiger partial charge in [0.15, 0.2) is 5.69 Å². The third-order valence-corrected chi connectivity index (χ3v) is 4.55. The summed E-state index contributed by atoms with van der Waals surface area (Å²) >= 11 is 0. The molecule has 0 spiro atoms. The van der Waals surface area contributed by atoms with Gasteiger partial charge in [-0.15, -0.1) is 0 Å². The summed E-state index contributed by atoms with van der Waals surface area (Å²) in [5.41, 5.74) is -0.925. The number of anilines is 1. The Hall–Kier alpha value is -2.55. The number of alkyl halides is 3. The molecule has 1 aliphatic heterocycles. The Morgan fingerprint density at radius 3 is 2.67 bits per heavy atom. The van der Waals surface area contributed by atoms with E-state index >= 15 is 0 Å². The standard InChI is InChI=1S/C18H21F3N4O2/c1-27-14-5-3-2-4-12(14)11-25-8-6-13(7-9-25)22-17-23-15(18(19,20)21)10-16(26)24-17/h2-5,10,13H,6-9,11H2,1H3,(H2,22,23,24,26). The van der Waals surface area contributed by atoms with Crippen LogP contribution in [0.4, 0.5) is 19.1 Å². The fourth-order valence-corrected chi connectivity index (χ4v) is 3.17. The molecule has 0 aliphatic carbocycles. The lowest BCUT2D eigenvalue weighted by atomic mass is 10.0. The van der Waals surface area contributed by atoms with E-state index in [-0.39, 0.29) is 12.0 Å². The van der Waals surface area contributed by atoms with E-state index in [2.05, 4.69) is 20.2 Å². The van der Waals surface area contributed by atoms with Crippen molar-refractivity contribution in [2.24, 2.45) is 0 Å². The molecule has 146 valence electrons. The number of ether oxygens (including phenoxy) is 1. The zero-order valence-electron chi connectivity index (χ0n) is 14.8. The molecule has 0 bridgehead atoms. The first-order valence-corrected chi connectivity index (χ1v) is 8.64. The number of para-hydroxylation sites is 1. The van der Waals surface area contributed by atoms with Crippen molar-refractivity contribution in [3.8, 4) is 5.75 Å². The van der Waals surface area contributed by atoms with E-state index in [4.69, 9.17) is 4.74 Å². The Morgan fingerprint density at radius 1 is 1.30 bits per heavy atom. The second-order valence-electron chi connectivity index (χ2n) is 6.48. The van der Waals surface area contributed by atoms with Crippen molar-refractivity contribution in [2.45, 2.75) is 31.6 Å². The Kier molecular flexibility index (Phi) is 5.69. The molecule has 0 amide bonds. The summed E-state index contributed by atoms with van der Waals surface area (Å²) in [6.07, 6.45) is -3.19. The number of aromatic amines is 1. The van der Waals surface area contributed by atoms with Gasteiger partial charge >= 0.3 is 6.18 Å². The molecular weight excluding hydrogens is 361 g/mol. The van der Waals surface area contributed by atoms with Gasteiger partial charge < -0.3 is 10.1 Å². The first kappa shape index (κ1) is 19.2. The van der Waals surface area contributed by atoms with Crippen molar-refractivity contribution < 1.29 is 17.9 Å². The Labute approximate surface area is 154 Å². The van der Waals surface area contributed by atoms with Gasteiger partial charge in [-0.1, -0.05) is 18.2 Å². The number of methoxy groups -OCH3 is 1. The van der Waals surface area contributed by atoms with E-state index in [0.717, 1.165) is 43.8 Å². The lowest BCUT2D eigenvalue weighted by Gasteiger charge is -2.32. The molecule has 6 nitrogen and oxygen atoms in total. The maximum atomic E-state index is 12.8. The summed E-state index contributed by atoms with van der Waals surface area (Å²) in [6.45, 7) is 2.30. The SMILES string of the molecule is COc1ccccc1CN1CCC(Nc2nc(C(F)(F)F)cc(=O)[nH]2)CC1. The number of nitrogens with one attached hydrogen (secondary N) is 2. The maximum absolute atomic E-state index is 12.8. The number of likely N-dealkylation sites (tertiary alicyclic amines) is 1. The van der Waals surface area contributed by atoms with Crippen molar-refractivity contribution in [1.29, 1.82) is 0 Å². The molecule has 3 rings (SSSR count). The molecule has 2 N–H and O–H groups in total. The van der Waals surface area contributed by atoms with Crippen LogP contribution in [0.3, 0.4) is 0 Å². The summed E-state index contributed by atoms with van der Waals surface area (Å²) in [5.74, 6) is 0.696. The van der Waals surface area contributed by atoms with E-state index in [1.807, 2.05) is 24.3 Å². The van der Waals surface area contributed by atoms with E-state index in [1.165, 1.54) is 0 Å². The number of aromatic nitrogens is 2. The molecule has 1 aromatic carbocycles. The van der Waals surface area contributed by atoms with Crippen molar-refractivity contribution in [1.82, 2.24) is 14.9 Å². The lowest BCUT2D eigenvalue weighted by molar-refractivity contribution is -0.141. The van der Waals surface area contributed by atoms with Crippen LogP contribution < -0.4 is 15.6 Å². The summed E-state index contributed by atoms with van der Waals surface area (Å²) in [7, 11) is 1.64. The molecule has 0 radical (unpaired) electrons. The minimum Gasteiger partial charge on any atom is -0.496 e. The minimum atomic E-state index is -4.65. The average molecular weight is 382 g/mol. The van der Waals surface area contributed by atoms with Gasteiger partial charge in [-0.2, -0.15) is 13.2 Å². The summed E-state index contributed by atoms with van der Waals surface area (Å²) < 4.78 is 43.7. The topological polar surface area (TPSA) is 70.2 Å². The van der Waals surface area contributed by atoms with Gasteiger partial charge in [0.1, 0.15) is 5.75 Å². The van der Waals surface area contributed by atoms with Crippen molar-refractivity contribution in [2.75, 3.05) is 25.5 Å². The van der Waals surface area contributed by atoms with Crippen LogP contribution in [0, 0.1) is 0 Å². The number of hydrogen-bond acceptors (Lipinski definition) is 5.